The highest BCUT2D eigenvalue weighted by Gasteiger charge is 2.11. The van der Waals surface area contributed by atoms with Gasteiger partial charge < -0.3 is 10.1 Å². The zero-order valence-electron chi connectivity index (χ0n) is 15.2. The second kappa shape index (κ2) is 8.89. The second-order valence-electron chi connectivity index (χ2n) is 6.37. The highest BCUT2D eigenvalue weighted by Crippen LogP contribution is 2.35. The number of benzene rings is 3. The summed E-state index contributed by atoms with van der Waals surface area (Å²) < 4.78 is 21.3. The van der Waals surface area contributed by atoms with Gasteiger partial charge in [-0.3, -0.25) is 0 Å². The number of hydrogen-bond donors (Lipinski definition) is 1. The van der Waals surface area contributed by atoms with Gasteiger partial charge in [-0.05, 0) is 86.7 Å². The maximum absolute atomic E-state index is 13.8. The normalized spacial score (nSPS) is 10.7. The van der Waals surface area contributed by atoms with Crippen LogP contribution in [0.1, 0.15) is 22.3 Å². The third-order valence-corrected chi connectivity index (χ3v) is 5.65. The van der Waals surface area contributed by atoms with E-state index >= 15 is 0 Å². The van der Waals surface area contributed by atoms with Crippen LogP contribution in [0.15, 0.2) is 63.5 Å². The lowest BCUT2D eigenvalue weighted by molar-refractivity contribution is 0.296. The monoisotopic (exact) mass is 491 g/mol. The van der Waals surface area contributed by atoms with Crippen molar-refractivity contribution < 1.29 is 9.13 Å². The Morgan fingerprint density at radius 2 is 1.67 bits per heavy atom. The van der Waals surface area contributed by atoms with Gasteiger partial charge in [-0.25, -0.2) is 4.39 Å². The van der Waals surface area contributed by atoms with Gasteiger partial charge in [0, 0.05) is 17.8 Å². The molecular weight excluding hydrogens is 473 g/mol. The fraction of sp³-hybridized carbons (Fsp3) is 0.182. The van der Waals surface area contributed by atoms with E-state index in [-0.39, 0.29) is 12.4 Å². The first-order valence-corrected chi connectivity index (χ1v) is 10.2. The van der Waals surface area contributed by atoms with Gasteiger partial charge >= 0.3 is 0 Å². The second-order valence-corrected chi connectivity index (χ2v) is 8.08. The Balaban J connectivity index is 1.71. The standard InChI is InChI=1S/C22H20Br2FNO/c1-14-6-5-9-21(15(14)2)26-12-16-10-18(23)22(19(24)11-16)27-13-17-7-3-4-8-20(17)25/h3-11,26H,12-13H2,1-2H3. The van der Waals surface area contributed by atoms with Gasteiger partial charge in [-0.2, -0.15) is 0 Å². The first kappa shape index (κ1) is 19.9. The molecule has 0 aromatic heterocycles. The molecule has 0 bridgehead atoms. The van der Waals surface area contributed by atoms with Gasteiger partial charge in [0.2, 0.25) is 0 Å². The number of halogens is 3. The van der Waals surface area contributed by atoms with Gasteiger partial charge in [-0.15, -0.1) is 0 Å². The molecule has 140 valence electrons. The summed E-state index contributed by atoms with van der Waals surface area (Å²) in [5.74, 6) is 0.396. The summed E-state index contributed by atoms with van der Waals surface area (Å²) in [4.78, 5) is 0. The van der Waals surface area contributed by atoms with E-state index in [1.807, 2.05) is 12.1 Å². The van der Waals surface area contributed by atoms with E-state index in [0.29, 0.717) is 17.9 Å². The molecular formula is C22H20Br2FNO. The van der Waals surface area contributed by atoms with Crippen molar-refractivity contribution in [1.82, 2.24) is 0 Å². The number of nitrogens with one attached hydrogen (secondary N) is 1. The lowest BCUT2D eigenvalue weighted by Crippen LogP contribution is -2.03. The van der Waals surface area contributed by atoms with E-state index in [1.54, 1.807) is 18.2 Å². The van der Waals surface area contributed by atoms with Crippen LogP contribution >= 0.6 is 31.9 Å². The van der Waals surface area contributed by atoms with E-state index in [9.17, 15) is 4.39 Å². The van der Waals surface area contributed by atoms with Crippen molar-refractivity contribution in [3.8, 4) is 5.75 Å². The maximum atomic E-state index is 13.8. The molecule has 3 aromatic rings. The minimum Gasteiger partial charge on any atom is -0.486 e. The van der Waals surface area contributed by atoms with Gasteiger partial charge in [0.25, 0.3) is 0 Å². The van der Waals surface area contributed by atoms with Gasteiger partial charge in [0.15, 0.2) is 0 Å². The van der Waals surface area contributed by atoms with E-state index in [0.717, 1.165) is 20.2 Å². The lowest BCUT2D eigenvalue weighted by Gasteiger charge is -2.15. The predicted octanol–water partition coefficient (Wildman–Crippen LogP) is 7.16. The summed E-state index contributed by atoms with van der Waals surface area (Å²) >= 11 is 7.13. The van der Waals surface area contributed by atoms with Crippen LogP contribution in [-0.4, -0.2) is 0 Å². The van der Waals surface area contributed by atoms with E-state index in [1.165, 1.54) is 17.2 Å². The smallest absolute Gasteiger partial charge is 0.148 e. The Labute approximate surface area is 176 Å². The average molecular weight is 493 g/mol. The first-order valence-electron chi connectivity index (χ1n) is 8.60. The number of rotatable bonds is 6. The molecule has 3 aromatic carbocycles. The molecule has 27 heavy (non-hydrogen) atoms. The molecule has 0 heterocycles. The average Bonchev–Trinajstić information content (AvgIpc) is 2.63. The van der Waals surface area contributed by atoms with Crippen molar-refractivity contribution in [1.29, 1.82) is 0 Å². The predicted molar refractivity (Wildman–Crippen MR) is 116 cm³/mol. The van der Waals surface area contributed by atoms with Crippen molar-refractivity contribution in [2.75, 3.05) is 5.32 Å². The molecule has 0 amide bonds. The van der Waals surface area contributed by atoms with E-state index in [4.69, 9.17) is 4.74 Å². The van der Waals surface area contributed by atoms with Crippen LogP contribution in [-0.2, 0) is 13.2 Å². The zero-order chi connectivity index (χ0) is 19.4. The third-order valence-electron chi connectivity index (χ3n) is 4.48. The summed E-state index contributed by atoms with van der Waals surface area (Å²) in [7, 11) is 0. The van der Waals surface area contributed by atoms with E-state index in [2.05, 4.69) is 69.2 Å². The molecule has 3 rings (SSSR count). The molecule has 0 radical (unpaired) electrons. The minimum absolute atomic E-state index is 0.171. The largest absolute Gasteiger partial charge is 0.486 e. The Kier molecular flexibility index (Phi) is 6.55. The highest BCUT2D eigenvalue weighted by molar-refractivity contribution is 9.11. The highest BCUT2D eigenvalue weighted by atomic mass is 79.9. The summed E-state index contributed by atoms with van der Waals surface area (Å²) in [6, 6.07) is 16.9. The number of aryl methyl sites for hydroxylation is 1. The molecule has 0 saturated heterocycles. The van der Waals surface area contributed by atoms with Crippen LogP contribution in [0, 0.1) is 19.7 Å². The van der Waals surface area contributed by atoms with Gasteiger partial charge in [0.1, 0.15) is 18.2 Å². The molecule has 0 aliphatic heterocycles. The van der Waals surface area contributed by atoms with Crippen molar-refractivity contribution >= 4 is 37.5 Å². The van der Waals surface area contributed by atoms with Crippen LogP contribution in [0.5, 0.6) is 5.75 Å². The molecule has 0 aliphatic rings. The summed E-state index contributed by atoms with van der Waals surface area (Å²) in [5.41, 5.74) is 5.27. The SMILES string of the molecule is Cc1cccc(NCc2cc(Br)c(OCc3ccccc3F)c(Br)c2)c1C. The lowest BCUT2D eigenvalue weighted by atomic mass is 10.1. The van der Waals surface area contributed by atoms with Crippen LogP contribution in [0.2, 0.25) is 0 Å². The molecule has 5 heteroatoms. The third kappa shape index (κ3) is 4.90. The molecule has 1 N–H and O–H groups in total. The first-order chi connectivity index (χ1) is 13.0. The van der Waals surface area contributed by atoms with Gasteiger partial charge in [0.05, 0.1) is 8.95 Å². The van der Waals surface area contributed by atoms with Crippen molar-refractivity contribution in [3.05, 3.63) is 91.6 Å². The van der Waals surface area contributed by atoms with Crippen LogP contribution in [0.25, 0.3) is 0 Å². The molecule has 0 spiro atoms. The maximum Gasteiger partial charge on any atom is 0.148 e. The fourth-order valence-corrected chi connectivity index (χ4v) is 4.27. The summed E-state index contributed by atoms with van der Waals surface area (Å²) in [6.45, 7) is 5.08. The van der Waals surface area contributed by atoms with E-state index < -0.39 is 0 Å². The topological polar surface area (TPSA) is 21.3 Å². The molecule has 0 saturated carbocycles. The van der Waals surface area contributed by atoms with Gasteiger partial charge in [-0.1, -0.05) is 30.3 Å². The Morgan fingerprint density at radius 3 is 2.37 bits per heavy atom. The van der Waals surface area contributed by atoms with Crippen LogP contribution < -0.4 is 10.1 Å². The zero-order valence-corrected chi connectivity index (χ0v) is 18.3. The Bertz CT molecular complexity index is 936. The van der Waals surface area contributed by atoms with Crippen LogP contribution in [0.4, 0.5) is 10.1 Å². The summed E-state index contributed by atoms with van der Waals surface area (Å²) in [6.07, 6.45) is 0. The van der Waals surface area contributed by atoms with Crippen molar-refractivity contribution in [2.24, 2.45) is 0 Å². The number of ether oxygens (including phenoxy) is 1. The Morgan fingerprint density at radius 1 is 0.963 bits per heavy atom. The molecule has 0 fully saturated rings. The fourth-order valence-electron chi connectivity index (χ4n) is 2.76. The number of anilines is 1. The molecule has 2 nitrogen and oxygen atoms in total. The number of hydrogen-bond acceptors (Lipinski definition) is 2. The minimum atomic E-state index is -0.265. The molecule has 0 unspecified atom stereocenters. The Hall–Kier alpha value is -1.85. The van der Waals surface area contributed by atoms with Crippen molar-refractivity contribution in [2.45, 2.75) is 27.0 Å². The molecule has 0 aliphatic carbocycles. The quantitative estimate of drug-likeness (QED) is 0.394. The molecule has 0 atom stereocenters. The summed E-state index contributed by atoms with van der Waals surface area (Å²) in [5, 5.41) is 3.48. The van der Waals surface area contributed by atoms with Crippen LogP contribution in [0.3, 0.4) is 0 Å². The van der Waals surface area contributed by atoms with Crippen molar-refractivity contribution in [3.63, 3.8) is 0 Å².